The molecule has 2 N–H and O–H groups in total. The minimum Gasteiger partial charge on any atom is -0.392 e. The molecular weight excluding hydrogens is 286 g/mol. The van der Waals surface area contributed by atoms with Gasteiger partial charge >= 0.3 is 0 Å². The minimum absolute atomic E-state index is 0.0295. The Morgan fingerprint density at radius 1 is 1.52 bits per heavy atom. The summed E-state index contributed by atoms with van der Waals surface area (Å²) in [5, 5.41) is 14.0. The van der Waals surface area contributed by atoms with E-state index in [2.05, 4.69) is 15.2 Å². The van der Waals surface area contributed by atoms with E-state index >= 15 is 0 Å². The lowest BCUT2D eigenvalue weighted by Gasteiger charge is -2.32. The number of fused-ring (bicyclic) bond motifs is 1. The van der Waals surface area contributed by atoms with Gasteiger partial charge < -0.3 is 15.3 Å². The number of hydrogen-bond acceptors (Lipinski definition) is 5. The standard InChI is InChI=1S/C15H23N3O2S/c1-18-8-6-12(19)10(9-18)15(20)16-7-5-14-17-11-3-2-4-13(11)21-14/h10,12,19H,2-9H2,1H3,(H,16,20)/t10-,12+/m1/s1. The van der Waals surface area contributed by atoms with Gasteiger partial charge in [0.15, 0.2) is 0 Å². The van der Waals surface area contributed by atoms with Crippen LogP contribution in [-0.4, -0.2) is 53.7 Å². The molecule has 1 saturated heterocycles. The van der Waals surface area contributed by atoms with Crippen LogP contribution in [0.4, 0.5) is 0 Å². The molecule has 0 saturated carbocycles. The number of hydrogen-bond donors (Lipinski definition) is 2. The molecule has 1 aromatic heterocycles. The Bertz CT molecular complexity index is 496. The maximum atomic E-state index is 12.2. The molecule has 0 aromatic carbocycles. The first-order valence-electron chi connectivity index (χ1n) is 7.75. The molecule has 0 bridgehead atoms. The normalized spacial score (nSPS) is 25.8. The first-order chi connectivity index (χ1) is 10.1. The van der Waals surface area contributed by atoms with Gasteiger partial charge in [-0.15, -0.1) is 11.3 Å². The molecule has 21 heavy (non-hydrogen) atoms. The third-order valence-corrected chi connectivity index (χ3v) is 5.61. The number of likely N-dealkylation sites (tertiary alicyclic amines) is 1. The molecule has 0 unspecified atom stereocenters. The predicted octanol–water partition coefficient (Wildman–Crippen LogP) is 0.603. The van der Waals surface area contributed by atoms with Gasteiger partial charge in [0.1, 0.15) is 0 Å². The number of aromatic nitrogens is 1. The van der Waals surface area contributed by atoms with Crippen molar-refractivity contribution in [2.75, 3.05) is 26.7 Å². The van der Waals surface area contributed by atoms with Crippen molar-refractivity contribution in [2.45, 2.75) is 38.2 Å². The van der Waals surface area contributed by atoms with E-state index in [1.165, 1.54) is 23.4 Å². The first-order valence-corrected chi connectivity index (χ1v) is 8.57. The van der Waals surface area contributed by atoms with Crippen LogP contribution in [0.25, 0.3) is 0 Å². The Morgan fingerprint density at radius 3 is 3.19 bits per heavy atom. The van der Waals surface area contributed by atoms with Gasteiger partial charge in [0, 0.05) is 30.9 Å². The van der Waals surface area contributed by atoms with Crippen molar-refractivity contribution in [2.24, 2.45) is 5.92 Å². The van der Waals surface area contributed by atoms with Crippen molar-refractivity contribution in [3.63, 3.8) is 0 Å². The summed E-state index contributed by atoms with van der Waals surface area (Å²) in [6.45, 7) is 2.10. The number of amides is 1. The Labute approximate surface area is 129 Å². The highest BCUT2D eigenvalue weighted by Crippen LogP contribution is 2.27. The summed E-state index contributed by atoms with van der Waals surface area (Å²) >= 11 is 1.79. The highest BCUT2D eigenvalue weighted by Gasteiger charge is 2.31. The zero-order chi connectivity index (χ0) is 14.8. The average Bonchev–Trinajstić information content (AvgIpc) is 3.02. The van der Waals surface area contributed by atoms with Crippen LogP contribution in [0.1, 0.15) is 28.4 Å². The Kier molecular flexibility index (Phi) is 4.57. The predicted molar refractivity (Wildman–Crippen MR) is 82.5 cm³/mol. The molecule has 1 aliphatic heterocycles. The van der Waals surface area contributed by atoms with Crippen LogP contribution in [0.5, 0.6) is 0 Å². The number of aliphatic hydroxyl groups is 1. The van der Waals surface area contributed by atoms with Gasteiger partial charge in [-0.2, -0.15) is 0 Å². The van der Waals surface area contributed by atoms with Crippen molar-refractivity contribution in [3.8, 4) is 0 Å². The van der Waals surface area contributed by atoms with Gasteiger partial charge in [0.2, 0.25) is 5.91 Å². The zero-order valence-electron chi connectivity index (χ0n) is 12.5. The third kappa shape index (κ3) is 3.44. The van der Waals surface area contributed by atoms with Crippen molar-refractivity contribution in [1.82, 2.24) is 15.2 Å². The van der Waals surface area contributed by atoms with E-state index in [1.54, 1.807) is 11.3 Å². The quantitative estimate of drug-likeness (QED) is 0.855. The first kappa shape index (κ1) is 14.9. The molecular formula is C15H23N3O2S. The summed E-state index contributed by atoms with van der Waals surface area (Å²) < 4.78 is 0. The number of carbonyl (C=O) groups excluding carboxylic acids is 1. The van der Waals surface area contributed by atoms with Crippen LogP contribution >= 0.6 is 11.3 Å². The Balaban J connectivity index is 1.47. The maximum absolute atomic E-state index is 12.2. The fourth-order valence-electron chi connectivity index (χ4n) is 3.13. The van der Waals surface area contributed by atoms with E-state index in [0.29, 0.717) is 19.5 Å². The van der Waals surface area contributed by atoms with Gasteiger partial charge in [-0.1, -0.05) is 0 Å². The average molecular weight is 309 g/mol. The van der Waals surface area contributed by atoms with E-state index in [-0.39, 0.29) is 11.8 Å². The van der Waals surface area contributed by atoms with Crippen LogP contribution in [0.15, 0.2) is 0 Å². The maximum Gasteiger partial charge on any atom is 0.227 e. The molecule has 2 heterocycles. The Hall–Kier alpha value is -0.980. The van der Waals surface area contributed by atoms with E-state index in [4.69, 9.17) is 0 Å². The summed E-state index contributed by atoms with van der Waals surface area (Å²) in [6.07, 6.45) is 4.47. The summed E-state index contributed by atoms with van der Waals surface area (Å²) in [5.74, 6) is -0.330. The highest BCUT2D eigenvalue weighted by molar-refractivity contribution is 7.11. The molecule has 1 aromatic rings. The summed E-state index contributed by atoms with van der Waals surface area (Å²) in [5.41, 5.74) is 1.27. The van der Waals surface area contributed by atoms with Gasteiger partial charge in [-0.05, 0) is 32.7 Å². The van der Waals surface area contributed by atoms with Gasteiger partial charge in [0.25, 0.3) is 0 Å². The fourth-order valence-corrected chi connectivity index (χ4v) is 4.29. The van der Waals surface area contributed by atoms with Crippen molar-refractivity contribution in [1.29, 1.82) is 0 Å². The molecule has 1 amide bonds. The van der Waals surface area contributed by atoms with Gasteiger partial charge in [-0.3, -0.25) is 4.79 Å². The molecule has 0 radical (unpaired) electrons. The van der Waals surface area contributed by atoms with Crippen molar-refractivity contribution in [3.05, 3.63) is 15.6 Å². The van der Waals surface area contributed by atoms with Crippen LogP contribution in [0, 0.1) is 5.92 Å². The van der Waals surface area contributed by atoms with E-state index < -0.39 is 6.10 Å². The van der Waals surface area contributed by atoms with E-state index in [1.807, 2.05) is 7.05 Å². The molecule has 1 fully saturated rings. The van der Waals surface area contributed by atoms with E-state index in [0.717, 1.165) is 24.4 Å². The van der Waals surface area contributed by atoms with Crippen LogP contribution in [-0.2, 0) is 24.1 Å². The smallest absolute Gasteiger partial charge is 0.227 e. The number of thiazole rings is 1. The summed E-state index contributed by atoms with van der Waals surface area (Å²) in [7, 11) is 1.99. The Morgan fingerprint density at radius 2 is 2.38 bits per heavy atom. The van der Waals surface area contributed by atoms with E-state index in [9.17, 15) is 9.90 Å². The number of aryl methyl sites for hydroxylation is 2. The number of aliphatic hydroxyl groups excluding tert-OH is 1. The lowest BCUT2D eigenvalue weighted by atomic mass is 9.94. The monoisotopic (exact) mass is 309 g/mol. The lowest BCUT2D eigenvalue weighted by molar-refractivity contribution is -0.131. The SMILES string of the molecule is CN1CC[C@H](O)[C@H](C(=O)NCCc2nc3c(s2)CCC3)C1. The largest absolute Gasteiger partial charge is 0.392 e. The second-order valence-electron chi connectivity index (χ2n) is 6.10. The van der Waals surface area contributed by atoms with Crippen LogP contribution in [0.2, 0.25) is 0 Å². The number of piperidine rings is 1. The zero-order valence-corrected chi connectivity index (χ0v) is 13.3. The lowest BCUT2D eigenvalue weighted by Crippen LogP contribution is -2.49. The van der Waals surface area contributed by atoms with Crippen LogP contribution in [0.3, 0.4) is 0 Å². The summed E-state index contributed by atoms with van der Waals surface area (Å²) in [4.78, 5) is 20.3. The van der Waals surface area contributed by atoms with Gasteiger partial charge in [-0.25, -0.2) is 4.98 Å². The second kappa shape index (κ2) is 6.42. The second-order valence-corrected chi connectivity index (χ2v) is 7.26. The number of carbonyl (C=O) groups is 1. The molecule has 3 rings (SSSR count). The molecule has 6 heteroatoms. The molecule has 5 nitrogen and oxygen atoms in total. The number of nitrogens with one attached hydrogen (secondary N) is 1. The molecule has 2 atom stereocenters. The molecule has 0 spiro atoms. The fraction of sp³-hybridized carbons (Fsp3) is 0.733. The van der Waals surface area contributed by atoms with Gasteiger partial charge in [0.05, 0.1) is 22.7 Å². The topological polar surface area (TPSA) is 65.5 Å². The van der Waals surface area contributed by atoms with Crippen molar-refractivity contribution >= 4 is 17.2 Å². The minimum atomic E-state index is -0.509. The number of rotatable bonds is 4. The molecule has 1 aliphatic carbocycles. The summed E-state index contributed by atoms with van der Waals surface area (Å²) in [6, 6.07) is 0. The third-order valence-electron chi connectivity index (χ3n) is 4.39. The number of nitrogens with zero attached hydrogens (tertiary/aromatic N) is 2. The van der Waals surface area contributed by atoms with Crippen LogP contribution < -0.4 is 5.32 Å². The molecule has 116 valence electrons. The highest BCUT2D eigenvalue weighted by atomic mass is 32.1. The van der Waals surface area contributed by atoms with Crippen molar-refractivity contribution < 1.29 is 9.90 Å². The molecule has 2 aliphatic rings.